The molecule has 1 aliphatic rings. The molecule has 0 radical (unpaired) electrons. The van der Waals surface area contributed by atoms with E-state index >= 15 is 0 Å². The van der Waals surface area contributed by atoms with Crippen molar-refractivity contribution in [1.82, 2.24) is 9.97 Å². The molecule has 0 aliphatic heterocycles. The van der Waals surface area contributed by atoms with Crippen LogP contribution in [0.15, 0.2) is 36.5 Å². The third kappa shape index (κ3) is 3.54. The zero-order valence-corrected chi connectivity index (χ0v) is 17.5. The van der Waals surface area contributed by atoms with Gasteiger partial charge in [-0.2, -0.15) is 13.2 Å². The number of benzene rings is 2. The van der Waals surface area contributed by atoms with Gasteiger partial charge in [-0.15, -0.1) is 0 Å². The number of rotatable bonds is 4. The molecule has 1 heterocycles. The number of phenols is 1. The van der Waals surface area contributed by atoms with Crippen LogP contribution in [-0.2, 0) is 0 Å². The first-order chi connectivity index (χ1) is 15.1. The Morgan fingerprint density at radius 1 is 1.22 bits per heavy atom. The minimum Gasteiger partial charge on any atom is -0.505 e. The van der Waals surface area contributed by atoms with Crippen LogP contribution in [0.25, 0.3) is 10.9 Å². The molecule has 9 heteroatoms. The molecule has 2 aromatic carbocycles. The first kappa shape index (κ1) is 22.3. The molecule has 0 saturated heterocycles. The van der Waals surface area contributed by atoms with Crippen molar-refractivity contribution >= 4 is 16.6 Å². The van der Waals surface area contributed by atoms with Crippen LogP contribution >= 0.6 is 0 Å². The van der Waals surface area contributed by atoms with Gasteiger partial charge < -0.3 is 15.5 Å². The van der Waals surface area contributed by atoms with Gasteiger partial charge in [0.1, 0.15) is 5.82 Å². The number of aromatic hydroxyl groups is 1. The normalized spacial score (nSPS) is 23.2. The van der Waals surface area contributed by atoms with Crippen LogP contribution in [0.4, 0.5) is 23.2 Å². The van der Waals surface area contributed by atoms with Crippen molar-refractivity contribution in [3.63, 3.8) is 0 Å². The fourth-order valence-corrected chi connectivity index (χ4v) is 4.63. The lowest BCUT2D eigenvalue weighted by Gasteiger charge is -2.46. The molecular formula is C23H23F4N3O2. The molecule has 4 rings (SSSR count). The summed E-state index contributed by atoms with van der Waals surface area (Å²) in [6.45, 7) is 3.48. The highest BCUT2D eigenvalue weighted by molar-refractivity contribution is 5.91. The molecule has 5 nitrogen and oxygen atoms in total. The molecule has 3 atom stereocenters. The van der Waals surface area contributed by atoms with Gasteiger partial charge in [0, 0.05) is 22.8 Å². The van der Waals surface area contributed by atoms with E-state index in [0.29, 0.717) is 28.8 Å². The summed E-state index contributed by atoms with van der Waals surface area (Å²) in [6, 6.07) is 5.35. The molecule has 0 bridgehead atoms. The average molecular weight is 449 g/mol. The van der Waals surface area contributed by atoms with Crippen LogP contribution in [-0.4, -0.2) is 32.0 Å². The van der Waals surface area contributed by atoms with Crippen molar-refractivity contribution in [3.05, 3.63) is 59.3 Å². The number of fused-ring (bicyclic) bond motifs is 2. The highest BCUT2D eigenvalue weighted by atomic mass is 19.4. The standard InChI is InChI=1S/C23H23F4N3O2/c1-3-5-13-10-22(32,23(25,26)27)21(14-8-9-16(24)20(31)19(13)14)30-18-7-4-6-17-15(18)11-28-12(2)29-17/h4,6-9,11,13,21,30-32H,3,5,10H2,1-2H3/t13-,21-,22+/m0/s1. The molecule has 170 valence electrons. The fourth-order valence-electron chi connectivity index (χ4n) is 4.63. The second kappa shape index (κ2) is 7.88. The van der Waals surface area contributed by atoms with Crippen LogP contribution in [0.2, 0.25) is 0 Å². The molecule has 0 amide bonds. The minimum absolute atomic E-state index is 0.0125. The maximum atomic E-state index is 14.3. The van der Waals surface area contributed by atoms with Crippen LogP contribution < -0.4 is 5.32 Å². The van der Waals surface area contributed by atoms with Crippen molar-refractivity contribution in [2.75, 3.05) is 5.32 Å². The van der Waals surface area contributed by atoms with Gasteiger partial charge >= 0.3 is 6.18 Å². The van der Waals surface area contributed by atoms with E-state index in [2.05, 4.69) is 15.3 Å². The van der Waals surface area contributed by atoms with Crippen LogP contribution in [0.5, 0.6) is 5.75 Å². The molecule has 3 N–H and O–H groups in total. The monoisotopic (exact) mass is 449 g/mol. The Bertz CT molecular complexity index is 1170. The number of anilines is 1. The van der Waals surface area contributed by atoms with Gasteiger partial charge in [-0.3, -0.25) is 0 Å². The third-order valence-corrected chi connectivity index (χ3v) is 6.13. The SMILES string of the molecule is CCC[C@H]1C[C@](O)(C(F)(F)F)[C@@H](Nc2cccc3nc(C)ncc23)c2ccc(F)c(O)c21. The lowest BCUT2D eigenvalue weighted by molar-refractivity contribution is -0.273. The summed E-state index contributed by atoms with van der Waals surface area (Å²) in [4.78, 5) is 8.42. The fraction of sp³-hybridized carbons (Fsp3) is 0.391. The van der Waals surface area contributed by atoms with Gasteiger partial charge in [0.25, 0.3) is 0 Å². The minimum atomic E-state index is -4.98. The summed E-state index contributed by atoms with van der Waals surface area (Å²) in [5, 5.41) is 24.8. The number of aliphatic hydroxyl groups is 1. The van der Waals surface area contributed by atoms with Gasteiger partial charge in [0.05, 0.1) is 11.6 Å². The smallest absolute Gasteiger partial charge is 0.419 e. The summed E-state index contributed by atoms with van der Waals surface area (Å²) in [5.41, 5.74) is -2.21. The predicted octanol–water partition coefficient (Wildman–Crippen LogP) is 5.52. The zero-order chi connectivity index (χ0) is 23.3. The summed E-state index contributed by atoms with van der Waals surface area (Å²) < 4.78 is 57.0. The molecule has 3 aromatic rings. The van der Waals surface area contributed by atoms with E-state index in [4.69, 9.17) is 0 Å². The Balaban J connectivity index is 1.92. The molecular weight excluding hydrogens is 426 g/mol. The Morgan fingerprint density at radius 3 is 2.66 bits per heavy atom. The van der Waals surface area contributed by atoms with Gasteiger partial charge in [0.2, 0.25) is 0 Å². The summed E-state index contributed by atoms with van der Waals surface area (Å²) >= 11 is 0. The lowest BCUT2D eigenvalue weighted by Crippen LogP contribution is -2.55. The van der Waals surface area contributed by atoms with E-state index in [-0.39, 0.29) is 17.5 Å². The lowest BCUT2D eigenvalue weighted by atomic mass is 9.68. The van der Waals surface area contributed by atoms with Crippen molar-refractivity contribution in [2.45, 2.75) is 56.8 Å². The number of nitrogens with zero attached hydrogens (tertiary/aromatic N) is 2. The number of phenolic OH excluding ortho intramolecular Hbond substituents is 1. The maximum absolute atomic E-state index is 14.3. The van der Waals surface area contributed by atoms with E-state index in [1.165, 1.54) is 12.3 Å². The second-order valence-electron chi connectivity index (χ2n) is 8.24. The Kier molecular flexibility index (Phi) is 5.48. The van der Waals surface area contributed by atoms with E-state index < -0.39 is 41.7 Å². The van der Waals surface area contributed by atoms with E-state index in [1.807, 2.05) is 0 Å². The molecule has 1 aliphatic carbocycles. The predicted molar refractivity (Wildman–Crippen MR) is 112 cm³/mol. The van der Waals surface area contributed by atoms with E-state index in [0.717, 1.165) is 6.07 Å². The van der Waals surface area contributed by atoms with Crippen molar-refractivity contribution < 1.29 is 27.8 Å². The summed E-state index contributed by atoms with van der Waals surface area (Å²) in [7, 11) is 0. The molecule has 0 spiro atoms. The maximum Gasteiger partial charge on any atom is 0.419 e. The molecule has 0 unspecified atom stereocenters. The summed E-state index contributed by atoms with van der Waals surface area (Å²) in [5.74, 6) is -1.93. The van der Waals surface area contributed by atoms with Gasteiger partial charge in [-0.25, -0.2) is 14.4 Å². The Labute approximate surface area is 182 Å². The topological polar surface area (TPSA) is 78.3 Å². The molecule has 0 fully saturated rings. The summed E-state index contributed by atoms with van der Waals surface area (Å²) in [6.07, 6.45) is -3.41. The molecule has 0 saturated carbocycles. The zero-order valence-electron chi connectivity index (χ0n) is 17.5. The second-order valence-corrected chi connectivity index (χ2v) is 8.24. The number of halogens is 4. The first-order valence-corrected chi connectivity index (χ1v) is 10.4. The average Bonchev–Trinajstić information content (AvgIpc) is 2.72. The largest absolute Gasteiger partial charge is 0.505 e. The molecule has 1 aromatic heterocycles. The number of nitrogens with one attached hydrogen (secondary N) is 1. The number of hydrogen-bond donors (Lipinski definition) is 3. The quantitative estimate of drug-likeness (QED) is 0.458. The van der Waals surface area contributed by atoms with Crippen LogP contribution in [0, 0.1) is 12.7 Å². The van der Waals surface area contributed by atoms with Crippen molar-refractivity contribution in [1.29, 1.82) is 0 Å². The number of aromatic nitrogens is 2. The van der Waals surface area contributed by atoms with E-state index in [1.54, 1.807) is 32.0 Å². The number of aryl methyl sites for hydroxylation is 1. The van der Waals surface area contributed by atoms with E-state index in [9.17, 15) is 27.8 Å². The van der Waals surface area contributed by atoms with Crippen LogP contribution in [0.3, 0.4) is 0 Å². The third-order valence-electron chi connectivity index (χ3n) is 6.13. The Morgan fingerprint density at radius 2 is 1.97 bits per heavy atom. The van der Waals surface area contributed by atoms with Gasteiger partial charge in [0.15, 0.2) is 17.2 Å². The van der Waals surface area contributed by atoms with Crippen molar-refractivity contribution in [2.24, 2.45) is 0 Å². The van der Waals surface area contributed by atoms with Crippen LogP contribution in [0.1, 0.15) is 55.1 Å². The highest BCUT2D eigenvalue weighted by Gasteiger charge is 2.62. The highest BCUT2D eigenvalue weighted by Crippen LogP contribution is 2.55. The van der Waals surface area contributed by atoms with Gasteiger partial charge in [-0.1, -0.05) is 25.5 Å². The number of alkyl halides is 3. The van der Waals surface area contributed by atoms with Gasteiger partial charge in [-0.05, 0) is 49.4 Å². The Hall–Kier alpha value is -2.94. The molecule has 32 heavy (non-hydrogen) atoms. The van der Waals surface area contributed by atoms with Crippen molar-refractivity contribution in [3.8, 4) is 5.75 Å². The first-order valence-electron chi connectivity index (χ1n) is 10.4. The number of hydrogen-bond acceptors (Lipinski definition) is 5.